The highest BCUT2D eigenvalue weighted by atomic mass is 32.2. The number of imidazole rings is 1. The third kappa shape index (κ3) is 3.16. The molecule has 19 heavy (non-hydrogen) atoms. The highest BCUT2D eigenvalue weighted by Crippen LogP contribution is 2.07. The standard InChI is InChI=1S/C11H15N5O2S/c1-16-5-4-13-10(16)8-15-19(17,18)11-3-2-9(6-12)7-14-11/h2-5,7,15H,6,8,12H2,1H3. The zero-order valence-corrected chi connectivity index (χ0v) is 11.3. The van der Waals surface area contributed by atoms with Crippen molar-refractivity contribution in [2.75, 3.05) is 0 Å². The van der Waals surface area contributed by atoms with E-state index in [1.807, 2.05) is 0 Å². The van der Waals surface area contributed by atoms with Crippen molar-refractivity contribution in [3.05, 3.63) is 42.1 Å². The van der Waals surface area contributed by atoms with Crippen LogP contribution in [0.4, 0.5) is 0 Å². The molecule has 0 radical (unpaired) electrons. The van der Waals surface area contributed by atoms with Crippen molar-refractivity contribution in [1.82, 2.24) is 19.3 Å². The van der Waals surface area contributed by atoms with Crippen LogP contribution in [0.3, 0.4) is 0 Å². The number of aromatic nitrogens is 3. The molecule has 102 valence electrons. The van der Waals surface area contributed by atoms with Gasteiger partial charge in [0.05, 0.1) is 6.54 Å². The van der Waals surface area contributed by atoms with Gasteiger partial charge in [-0.05, 0) is 11.6 Å². The van der Waals surface area contributed by atoms with E-state index in [-0.39, 0.29) is 11.6 Å². The fourth-order valence-corrected chi connectivity index (χ4v) is 2.40. The second-order valence-electron chi connectivity index (χ2n) is 3.99. The Morgan fingerprint density at radius 2 is 2.16 bits per heavy atom. The topological polar surface area (TPSA) is 103 Å². The summed E-state index contributed by atoms with van der Waals surface area (Å²) in [6.45, 7) is 0.445. The molecule has 0 saturated heterocycles. The predicted molar refractivity (Wildman–Crippen MR) is 69.4 cm³/mol. The molecule has 0 aliphatic carbocycles. The van der Waals surface area contributed by atoms with Gasteiger partial charge in [0, 0.05) is 32.2 Å². The van der Waals surface area contributed by atoms with Gasteiger partial charge in [-0.15, -0.1) is 0 Å². The number of hydrogen-bond acceptors (Lipinski definition) is 5. The van der Waals surface area contributed by atoms with E-state index in [1.165, 1.54) is 12.3 Å². The summed E-state index contributed by atoms with van der Waals surface area (Å²) in [6, 6.07) is 3.07. The van der Waals surface area contributed by atoms with E-state index >= 15 is 0 Å². The van der Waals surface area contributed by atoms with Crippen molar-refractivity contribution in [2.45, 2.75) is 18.1 Å². The molecule has 0 unspecified atom stereocenters. The molecule has 0 aliphatic rings. The van der Waals surface area contributed by atoms with Crippen molar-refractivity contribution in [1.29, 1.82) is 0 Å². The quantitative estimate of drug-likeness (QED) is 0.787. The van der Waals surface area contributed by atoms with E-state index in [9.17, 15) is 8.42 Å². The summed E-state index contributed by atoms with van der Waals surface area (Å²) in [5, 5.41) is -0.0288. The Balaban J connectivity index is 2.11. The van der Waals surface area contributed by atoms with E-state index in [1.54, 1.807) is 30.1 Å². The molecule has 2 aromatic rings. The van der Waals surface area contributed by atoms with Crippen LogP contribution in [-0.4, -0.2) is 23.0 Å². The van der Waals surface area contributed by atoms with Gasteiger partial charge in [0.1, 0.15) is 5.82 Å². The zero-order chi connectivity index (χ0) is 13.9. The van der Waals surface area contributed by atoms with Gasteiger partial charge >= 0.3 is 0 Å². The van der Waals surface area contributed by atoms with Crippen LogP contribution in [-0.2, 0) is 30.2 Å². The van der Waals surface area contributed by atoms with Gasteiger partial charge in [-0.25, -0.2) is 23.1 Å². The molecule has 0 saturated carbocycles. The number of nitrogens with zero attached hydrogens (tertiary/aromatic N) is 3. The first-order valence-corrected chi connectivity index (χ1v) is 7.12. The van der Waals surface area contributed by atoms with E-state index in [4.69, 9.17) is 5.73 Å². The molecule has 0 atom stereocenters. The van der Waals surface area contributed by atoms with Gasteiger partial charge in [0.15, 0.2) is 5.03 Å². The van der Waals surface area contributed by atoms with Crippen LogP contribution in [0.2, 0.25) is 0 Å². The Morgan fingerprint density at radius 3 is 2.68 bits per heavy atom. The predicted octanol–water partition coefficient (Wildman–Crippen LogP) is -0.248. The van der Waals surface area contributed by atoms with E-state index in [0.29, 0.717) is 12.4 Å². The maximum atomic E-state index is 12.0. The van der Waals surface area contributed by atoms with Crippen molar-refractivity contribution in [3.63, 3.8) is 0 Å². The summed E-state index contributed by atoms with van der Waals surface area (Å²) in [5.74, 6) is 0.627. The van der Waals surface area contributed by atoms with Crippen LogP contribution >= 0.6 is 0 Å². The number of hydrogen-bond donors (Lipinski definition) is 2. The second kappa shape index (κ2) is 5.47. The van der Waals surface area contributed by atoms with E-state index in [2.05, 4.69) is 14.7 Å². The minimum absolute atomic E-state index is 0.0288. The normalized spacial score (nSPS) is 11.7. The molecule has 0 aromatic carbocycles. The summed E-state index contributed by atoms with van der Waals surface area (Å²) in [7, 11) is -1.84. The molecule has 0 bridgehead atoms. The van der Waals surface area contributed by atoms with Gasteiger partial charge in [-0.3, -0.25) is 0 Å². The Labute approximate surface area is 111 Å². The van der Waals surface area contributed by atoms with E-state index < -0.39 is 10.0 Å². The summed E-state index contributed by atoms with van der Waals surface area (Å²) in [5.41, 5.74) is 6.21. The van der Waals surface area contributed by atoms with Crippen LogP contribution in [0, 0.1) is 0 Å². The fraction of sp³-hybridized carbons (Fsp3) is 0.273. The lowest BCUT2D eigenvalue weighted by Crippen LogP contribution is -2.25. The molecule has 7 nitrogen and oxygen atoms in total. The van der Waals surface area contributed by atoms with Crippen molar-refractivity contribution < 1.29 is 8.42 Å². The maximum Gasteiger partial charge on any atom is 0.258 e. The Hall–Kier alpha value is -1.77. The molecule has 2 aromatic heterocycles. The molecule has 2 rings (SSSR count). The number of rotatable bonds is 5. The lowest BCUT2D eigenvalue weighted by Gasteiger charge is -2.06. The average Bonchev–Trinajstić information content (AvgIpc) is 2.82. The van der Waals surface area contributed by atoms with Crippen LogP contribution < -0.4 is 10.5 Å². The summed E-state index contributed by atoms with van der Waals surface area (Å²) in [6.07, 6.45) is 4.81. The molecule has 0 spiro atoms. The largest absolute Gasteiger partial charge is 0.337 e. The monoisotopic (exact) mass is 281 g/mol. The van der Waals surface area contributed by atoms with Crippen molar-refractivity contribution in [2.24, 2.45) is 12.8 Å². The maximum absolute atomic E-state index is 12.0. The molecule has 0 amide bonds. The molecular formula is C11H15N5O2S. The lowest BCUT2D eigenvalue weighted by molar-refractivity contribution is 0.573. The Kier molecular flexibility index (Phi) is 3.93. The highest BCUT2D eigenvalue weighted by molar-refractivity contribution is 7.89. The highest BCUT2D eigenvalue weighted by Gasteiger charge is 2.16. The molecule has 0 fully saturated rings. The fourth-order valence-electron chi connectivity index (χ4n) is 1.49. The van der Waals surface area contributed by atoms with Gasteiger partial charge in [-0.2, -0.15) is 0 Å². The molecule has 0 aliphatic heterocycles. The minimum atomic E-state index is -3.63. The van der Waals surface area contributed by atoms with Crippen molar-refractivity contribution >= 4 is 10.0 Å². The summed E-state index contributed by atoms with van der Waals surface area (Å²) >= 11 is 0. The van der Waals surface area contributed by atoms with Crippen LogP contribution in [0.25, 0.3) is 0 Å². The Morgan fingerprint density at radius 1 is 1.37 bits per heavy atom. The van der Waals surface area contributed by atoms with Crippen LogP contribution in [0.5, 0.6) is 0 Å². The smallest absolute Gasteiger partial charge is 0.258 e. The zero-order valence-electron chi connectivity index (χ0n) is 10.4. The van der Waals surface area contributed by atoms with Gasteiger partial charge in [0.25, 0.3) is 10.0 Å². The number of nitrogens with one attached hydrogen (secondary N) is 1. The first kappa shape index (κ1) is 13.7. The average molecular weight is 281 g/mol. The van der Waals surface area contributed by atoms with Crippen LogP contribution in [0.1, 0.15) is 11.4 Å². The van der Waals surface area contributed by atoms with Gasteiger partial charge < -0.3 is 10.3 Å². The first-order valence-electron chi connectivity index (χ1n) is 5.64. The SMILES string of the molecule is Cn1ccnc1CNS(=O)(=O)c1ccc(CN)cn1. The number of nitrogens with two attached hydrogens (primary N) is 1. The third-order valence-electron chi connectivity index (χ3n) is 2.65. The lowest BCUT2D eigenvalue weighted by atomic mass is 10.3. The van der Waals surface area contributed by atoms with E-state index in [0.717, 1.165) is 5.56 Å². The third-order valence-corrected chi connectivity index (χ3v) is 3.97. The second-order valence-corrected chi connectivity index (χ2v) is 5.70. The number of pyridine rings is 1. The summed E-state index contributed by atoms with van der Waals surface area (Å²) < 4.78 is 28.2. The molecular weight excluding hydrogens is 266 g/mol. The summed E-state index contributed by atoms with van der Waals surface area (Å²) in [4.78, 5) is 7.92. The number of aryl methyl sites for hydroxylation is 1. The van der Waals surface area contributed by atoms with Crippen molar-refractivity contribution in [3.8, 4) is 0 Å². The minimum Gasteiger partial charge on any atom is -0.337 e. The van der Waals surface area contributed by atoms with Gasteiger partial charge in [-0.1, -0.05) is 6.07 Å². The van der Waals surface area contributed by atoms with Gasteiger partial charge in [0.2, 0.25) is 0 Å². The number of sulfonamides is 1. The Bertz CT molecular complexity index is 648. The molecule has 8 heteroatoms. The first-order chi connectivity index (χ1) is 9.03. The van der Waals surface area contributed by atoms with Crippen LogP contribution in [0.15, 0.2) is 35.7 Å². The molecule has 2 heterocycles. The molecule has 3 N–H and O–H groups in total.